The van der Waals surface area contributed by atoms with Gasteiger partial charge in [-0.05, 0) is 54.1 Å². The molecular formula is C25H29N3O4. The molecule has 0 saturated carbocycles. The molecular weight excluding hydrogens is 406 g/mol. The monoisotopic (exact) mass is 435 g/mol. The highest BCUT2D eigenvalue weighted by atomic mass is 16.5. The van der Waals surface area contributed by atoms with E-state index in [1.54, 1.807) is 14.2 Å². The predicted molar refractivity (Wildman–Crippen MR) is 123 cm³/mol. The number of carbonyl (C=O) groups excluding carboxylic acids is 1. The molecule has 0 bridgehead atoms. The topological polar surface area (TPSA) is 65.0 Å². The zero-order valence-electron chi connectivity index (χ0n) is 18.5. The molecule has 7 nitrogen and oxygen atoms in total. The average molecular weight is 436 g/mol. The van der Waals surface area contributed by atoms with Crippen LogP contribution < -0.4 is 14.8 Å². The maximum atomic E-state index is 12.9. The average Bonchev–Trinajstić information content (AvgIpc) is 3.40. The Hall–Kier alpha value is -3.29. The Kier molecular flexibility index (Phi) is 7.09. The molecule has 1 saturated heterocycles. The van der Waals surface area contributed by atoms with E-state index in [-0.39, 0.29) is 11.9 Å². The summed E-state index contributed by atoms with van der Waals surface area (Å²) in [6, 6.07) is 17.5. The first-order valence-corrected chi connectivity index (χ1v) is 10.7. The molecule has 0 radical (unpaired) electrons. The molecule has 0 spiro atoms. The fourth-order valence-electron chi connectivity index (χ4n) is 3.99. The molecule has 0 aliphatic carbocycles. The van der Waals surface area contributed by atoms with Crippen LogP contribution >= 0.6 is 0 Å². The molecule has 1 amide bonds. The first kappa shape index (κ1) is 21.9. The molecule has 32 heavy (non-hydrogen) atoms. The van der Waals surface area contributed by atoms with Crippen LogP contribution in [0.1, 0.15) is 22.0 Å². The van der Waals surface area contributed by atoms with Crippen molar-refractivity contribution in [3.05, 3.63) is 78.1 Å². The zero-order chi connectivity index (χ0) is 22.3. The molecule has 1 atom stereocenters. The van der Waals surface area contributed by atoms with Crippen LogP contribution in [0.15, 0.2) is 67.0 Å². The van der Waals surface area contributed by atoms with Gasteiger partial charge in [-0.1, -0.05) is 6.07 Å². The van der Waals surface area contributed by atoms with Gasteiger partial charge in [0.2, 0.25) is 0 Å². The van der Waals surface area contributed by atoms with Crippen molar-refractivity contribution in [1.29, 1.82) is 0 Å². The van der Waals surface area contributed by atoms with Gasteiger partial charge in [-0.25, -0.2) is 0 Å². The molecule has 1 unspecified atom stereocenters. The number of hydrogen-bond acceptors (Lipinski definition) is 5. The molecule has 1 fully saturated rings. The Morgan fingerprint density at radius 2 is 1.69 bits per heavy atom. The van der Waals surface area contributed by atoms with Crippen LogP contribution in [0.4, 0.5) is 0 Å². The minimum Gasteiger partial charge on any atom is -0.493 e. The van der Waals surface area contributed by atoms with E-state index in [1.165, 1.54) is 0 Å². The Labute approximate surface area is 188 Å². The number of morpholine rings is 1. The number of amides is 1. The lowest BCUT2D eigenvalue weighted by Gasteiger charge is -2.35. The van der Waals surface area contributed by atoms with Crippen LogP contribution in [0.3, 0.4) is 0 Å². The maximum absolute atomic E-state index is 12.9. The van der Waals surface area contributed by atoms with E-state index in [9.17, 15) is 4.79 Å². The summed E-state index contributed by atoms with van der Waals surface area (Å²) in [6.07, 6.45) is 3.95. The Morgan fingerprint density at radius 1 is 1.00 bits per heavy atom. The van der Waals surface area contributed by atoms with E-state index in [4.69, 9.17) is 14.2 Å². The molecule has 7 heteroatoms. The van der Waals surface area contributed by atoms with Gasteiger partial charge in [-0.2, -0.15) is 0 Å². The number of methoxy groups -OCH3 is 2. The Bertz CT molecular complexity index is 1010. The minimum atomic E-state index is -0.0946. The zero-order valence-corrected chi connectivity index (χ0v) is 18.5. The number of ether oxygens (including phenoxy) is 3. The number of carbonyl (C=O) groups is 1. The lowest BCUT2D eigenvalue weighted by Crippen LogP contribution is -2.43. The largest absolute Gasteiger partial charge is 0.493 e. The summed E-state index contributed by atoms with van der Waals surface area (Å²) < 4.78 is 18.4. The summed E-state index contributed by atoms with van der Waals surface area (Å²) in [5.74, 6) is 1.27. The van der Waals surface area contributed by atoms with Crippen molar-refractivity contribution >= 4 is 5.91 Å². The van der Waals surface area contributed by atoms with E-state index in [0.29, 0.717) is 36.8 Å². The van der Waals surface area contributed by atoms with Crippen molar-refractivity contribution in [3.63, 3.8) is 0 Å². The molecule has 2 aromatic carbocycles. The Balaban J connectivity index is 1.49. The molecule has 1 N–H and O–H groups in total. The highest BCUT2D eigenvalue weighted by Gasteiger charge is 2.24. The molecule has 4 rings (SSSR count). The molecule has 1 aliphatic heterocycles. The second kappa shape index (κ2) is 10.3. The highest BCUT2D eigenvalue weighted by Crippen LogP contribution is 2.32. The minimum absolute atomic E-state index is 0.00167. The van der Waals surface area contributed by atoms with E-state index in [1.807, 2.05) is 71.6 Å². The number of benzene rings is 2. The fourth-order valence-corrected chi connectivity index (χ4v) is 3.99. The number of aromatic nitrogens is 1. The van der Waals surface area contributed by atoms with Crippen LogP contribution in [0.2, 0.25) is 0 Å². The first-order valence-electron chi connectivity index (χ1n) is 10.7. The second-order valence-electron chi connectivity index (χ2n) is 7.63. The van der Waals surface area contributed by atoms with Crippen LogP contribution in [-0.4, -0.2) is 62.4 Å². The van der Waals surface area contributed by atoms with E-state index in [2.05, 4.69) is 10.2 Å². The maximum Gasteiger partial charge on any atom is 0.251 e. The molecule has 1 aliphatic rings. The van der Waals surface area contributed by atoms with Crippen molar-refractivity contribution in [2.45, 2.75) is 6.04 Å². The van der Waals surface area contributed by atoms with E-state index >= 15 is 0 Å². The van der Waals surface area contributed by atoms with Gasteiger partial charge in [-0.3, -0.25) is 9.69 Å². The number of hydrogen-bond donors (Lipinski definition) is 1. The summed E-state index contributed by atoms with van der Waals surface area (Å²) in [5, 5.41) is 3.11. The first-order chi connectivity index (χ1) is 15.7. The SMILES string of the molecule is COc1ccc(C(CNC(=O)c2ccc(-n3cccc3)cc2)N2CCOCC2)cc1OC. The fraction of sp³-hybridized carbons (Fsp3) is 0.320. The lowest BCUT2D eigenvalue weighted by molar-refractivity contribution is 0.0162. The van der Waals surface area contributed by atoms with Gasteiger partial charge in [0, 0.05) is 43.3 Å². The Morgan fingerprint density at radius 3 is 2.34 bits per heavy atom. The van der Waals surface area contributed by atoms with Gasteiger partial charge in [0.05, 0.1) is 33.5 Å². The van der Waals surface area contributed by atoms with Gasteiger partial charge in [-0.15, -0.1) is 0 Å². The molecule has 2 heterocycles. The smallest absolute Gasteiger partial charge is 0.251 e. The third-order valence-electron chi connectivity index (χ3n) is 5.77. The van der Waals surface area contributed by atoms with Crippen LogP contribution in [-0.2, 0) is 4.74 Å². The summed E-state index contributed by atoms with van der Waals surface area (Å²) in [7, 11) is 3.25. The normalized spacial score (nSPS) is 15.2. The third kappa shape index (κ3) is 4.95. The standard InChI is InChI=1S/C25H29N3O4/c1-30-23-10-7-20(17-24(23)31-2)22(28-13-15-32-16-14-28)18-26-25(29)19-5-8-21(9-6-19)27-11-3-4-12-27/h3-12,17,22H,13-16,18H2,1-2H3,(H,26,29). The summed E-state index contributed by atoms with van der Waals surface area (Å²) in [6.45, 7) is 3.45. The van der Waals surface area contributed by atoms with Gasteiger partial charge in [0.25, 0.3) is 5.91 Å². The summed E-state index contributed by atoms with van der Waals surface area (Å²) >= 11 is 0. The number of nitrogens with zero attached hydrogens (tertiary/aromatic N) is 2. The van der Waals surface area contributed by atoms with Gasteiger partial charge in [0.15, 0.2) is 11.5 Å². The van der Waals surface area contributed by atoms with Crippen molar-refractivity contribution in [2.75, 3.05) is 47.1 Å². The number of nitrogens with one attached hydrogen (secondary N) is 1. The van der Waals surface area contributed by atoms with Gasteiger partial charge < -0.3 is 24.1 Å². The van der Waals surface area contributed by atoms with E-state index < -0.39 is 0 Å². The van der Waals surface area contributed by atoms with Crippen LogP contribution in [0.25, 0.3) is 5.69 Å². The quantitative estimate of drug-likeness (QED) is 0.588. The van der Waals surface area contributed by atoms with Crippen LogP contribution in [0.5, 0.6) is 11.5 Å². The van der Waals surface area contributed by atoms with E-state index in [0.717, 1.165) is 24.3 Å². The van der Waals surface area contributed by atoms with Crippen molar-refractivity contribution in [1.82, 2.24) is 14.8 Å². The molecule has 1 aromatic heterocycles. The highest BCUT2D eigenvalue weighted by molar-refractivity contribution is 5.94. The number of rotatable bonds is 8. The lowest BCUT2D eigenvalue weighted by atomic mass is 10.0. The third-order valence-corrected chi connectivity index (χ3v) is 5.77. The van der Waals surface area contributed by atoms with Crippen molar-refractivity contribution in [3.8, 4) is 17.2 Å². The van der Waals surface area contributed by atoms with Crippen molar-refractivity contribution in [2.24, 2.45) is 0 Å². The van der Waals surface area contributed by atoms with Crippen LogP contribution in [0, 0.1) is 0 Å². The summed E-state index contributed by atoms with van der Waals surface area (Å²) in [5.41, 5.74) is 2.71. The molecule has 168 valence electrons. The van der Waals surface area contributed by atoms with Gasteiger partial charge >= 0.3 is 0 Å². The molecule has 3 aromatic rings. The van der Waals surface area contributed by atoms with Crippen molar-refractivity contribution < 1.29 is 19.0 Å². The van der Waals surface area contributed by atoms with Gasteiger partial charge in [0.1, 0.15) is 0 Å². The summed E-state index contributed by atoms with van der Waals surface area (Å²) in [4.78, 5) is 15.2. The second-order valence-corrected chi connectivity index (χ2v) is 7.63. The predicted octanol–water partition coefficient (Wildman–Crippen LogP) is 3.30.